The van der Waals surface area contributed by atoms with E-state index in [0.29, 0.717) is 0 Å². The number of hydrogen-bond acceptors (Lipinski definition) is 3. The molecule has 28 heavy (non-hydrogen) atoms. The van der Waals surface area contributed by atoms with Gasteiger partial charge in [-0.05, 0) is 30.5 Å². The fraction of sp³-hybridized carbons (Fsp3) is 0.391. The highest BCUT2D eigenvalue weighted by molar-refractivity contribution is 6.00. The van der Waals surface area contributed by atoms with Crippen LogP contribution in [-0.2, 0) is 20.9 Å². The molecule has 0 radical (unpaired) electrons. The van der Waals surface area contributed by atoms with Crippen molar-refractivity contribution < 1.29 is 18.8 Å². The van der Waals surface area contributed by atoms with Crippen LogP contribution < -0.4 is 5.32 Å². The number of nitrogens with zero attached hydrogens (tertiary/aromatic N) is 1. The van der Waals surface area contributed by atoms with E-state index in [1.165, 1.54) is 0 Å². The molecule has 0 saturated heterocycles. The van der Waals surface area contributed by atoms with Crippen molar-refractivity contribution in [3.8, 4) is 0 Å². The van der Waals surface area contributed by atoms with E-state index < -0.39 is 5.54 Å². The van der Waals surface area contributed by atoms with E-state index in [0.717, 1.165) is 35.2 Å². The third-order valence-corrected chi connectivity index (χ3v) is 5.79. The van der Waals surface area contributed by atoms with Crippen LogP contribution in [-0.4, -0.2) is 42.5 Å². The predicted octanol–water partition coefficient (Wildman–Crippen LogP) is 3.59. The lowest BCUT2D eigenvalue weighted by molar-refractivity contribution is -0.909. The zero-order valence-corrected chi connectivity index (χ0v) is 17.1. The van der Waals surface area contributed by atoms with Gasteiger partial charge in [0.2, 0.25) is 0 Å². The molecule has 0 aliphatic heterocycles. The minimum Gasteiger partial charge on any atom is -0.457 e. The molecular weight excluding hydrogens is 352 g/mol. The molecule has 0 spiro atoms. The van der Waals surface area contributed by atoms with E-state index in [4.69, 9.17) is 4.74 Å². The second-order valence-corrected chi connectivity index (χ2v) is 8.24. The van der Waals surface area contributed by atoms with Crippen LogP contribution in [0.25, 0.3) is 0 Å². The monoisotopic (exact) mass is 381 g/mol. The first-order valence-corrected chi connectivity index (χ1v) is 9.65. The Labute approximate surface area is 166 Å². The summed E-state index contributed by atoms with van der Waals surface area (Å²) in [6, 6.07) is 15.6. The fourth-order valence-corrected chi connectivity index (χ4v) is 3.72. The highest BCUT2D eigenvalue weighted by Crippen LogP contribution is 2.46. The van der Waals surface area contributed by atoms with Gasteiger partial charge in [0.15, 0.2) is 12.1 Å². The van der Waals surface area contributed by atoms with Crippen molar-refractivity contribution in [2.24, 2.45) is 0 Å². The Bertz CT molecular complexity index is 850. The summed E-state index contributed by atoms with van der Waals surface area (Å²) in [6.45, 7) is 4.39. The van der Waals surface area contributed by atoms with Crippen LogP contribution in [0.15, 0.2) is 48.5 Å². The van der Waals surface area contributed by atoms with Crippen LogP contribution >= 0.6 is 0 Å². The number of likely N-dealkylation sites (N-methyl/N-ethyl adjacent to an activating group) is 1. The molecule has 1 amide bonds. The number of carbonyl (C=O) groups is 2. The van der Waals surface area contributed by atoms with Gasteiger partial charge >= 0.3 is 5.97 Å². The third-order valence-electron chi connectivity index (χ3n) is 5.79. The topological polar surface area (TPSA) is 55.4 Å². The van der Waals surface area contributed by atoms with Gasteiger partial charge < -0.3 is 14.5 Å². The third kappa shape index (κ3) is 4.09. The Morgan fingerprint density at radius 3 is 2.18 bits per heavy atom. The van der Waals surface area contributed by atoms with E-state index >= 15 is 0 Å². The van der Waals surface area contributed by atoms with E-state index in [9.17, 15) is 9.59 Å². The quantitative estimate of drug-likeness (QED) is 0.589. The lowest BCUT2D eigenvalue weighted by Crippen LogP contribution is -2.59. The number of nitrogens with one attached hydrogen (secondary N) is 1. The number of amides is 1. The molecule has 2 aromatic rings. The summed E-state index contributed by atoms with van der Waals surface area (Å²) in [7, 11) is 3.86. The van der Waals surface area contributed by atoms with Crippen LogP contribution in [0, 0.1) is 13.8 Å². The smallest absolute Gasteiger partial charge is 0.362 e. The summed E-state index contributed by atoms with van der Waals surface area (Å²) in [5.74, 6) is -0.314. The van der Waals surface area contributed by atoms with Gasteiger partial charge in [-0.2, -0.15) is 0 Å². The summed E-state index contributed by atoms with van der Waals surface area (Å²) >= 11 is 0. The Morgan fingerprint density at radius 1 is 1.00 bits per heavy atom. The molecule has 0 aromatic heterocycles. The molecule has 0 heterocycles. The summed E-state index contributed by atoms with van der Waals surface area (Å²) in [4.78, 5) is 25.6. The van der Waals surface area contributed by atoms with E-state index in [1.807, 2.05) is 76.5 Å². The second kappa shape index (κ2) is 7.76. The highest BCUT2D eigenvalue weighted by atomic mass is 16.5. The largest absolute Gasteiger partial charge is 0.457 e. The summed E-state index contributed by atoms with van der Waals surface area (Å²) < 4.78 is 5.73. The Morgan fingerprint density at radius 2 is 1.61 bits per heavy atom. The van der Waals surface area contributed by atoms with Crippen molar-refractivity contribution in [2.45, 2.75) is 38.8 Å². The number of anilines is 1. The molecular formula is C23H29N2O3+. The zero-order chi connectivity index (χ0) is 20.4. The van der Waals surface area contributed by atoms with Crippen molar-refractivity contribution in [1.29, 1.82) is 0 Å². The molecule has 148 valence electrons. The van der Waals surface area contributed by atoms with Gasteiger partial charge in [0, 0.05) is 18.5 Å². The number of benzene rings is 2. The lowest BCUT2D eigenvalue weighted by atomic mass is 10.1. The average molecular weight is 381 g/mol. The summed E-state index contributed by atoms with van der Waals surface area (Å²) in [5, 5.41) is 3.11. The van der Waals surface area contributed by atoms with Gasteiger partial charge in [-0.25, -0.2) is 4.79 Å². The standard InChI is InChI=1S/C23H28N2O3/c1-17-9-8-10-18(2)21(17)24-22(27)23(13-14-23)25(3,4)15-20(26)28-16-19-11-6-5-7-12-19/h5-12H,13-16H2,1-4H3/p+1. The Balaban J connectivity index is 1.65. The molecule has 2 aromatic carbocycles. The average Bonchev–Trinajstić information content (AvgIpc) is 3.46. The molecule has 5 nitrogen and oxygen atoms in total. The summed E-state index contributed by atoms with van der Waals surface area (Å²) in [5.41, 5.74) is 3.31. The molecule has 1 aliphatic carbocycles. The number of aryl methyl sites for hydroxylation is 2. The number of ether oxygens (including phenoxy) is 1. The van der Waals surface area contributed by atoms with Gasteiger partial charge in [0.1, 0.15) is 6.61 Å². The molecule has 0 bridgehead atoms. The van der Waals surface area contributed by atoms with Gasteiger partial charge in [-0.1, -0.05) is 48.5 Å². The second-order valence-electron chi connectivity index (χ2n) is 8.24. The van der Waals surface area contributed by atoms with Crippen LogP contribution in [0.4, 0.5) is 5.69 Å². The minimum absolute atomic E-state index is 0.0224. The maximum absolute atomic E-state index is 13.1. The lowest BCUT2D eigenvalue weighted by Gasteiger charge is -2.36. The fourth-order valence-electron chi connectivity index (χ4n) is 3.72. The van der Waals surface area contributed by atoms with Crippen molar-refractivity contribution in [3.05, 3.63) is 65.2 Å². The predicted molar refractivity (Wildman–Crippen MR) is 110 cm³/mol. The maximum atomic E-state index is 13.1. The SMILES string of the molecule is Cc1cccc(C)c1NC(=O)C1([N+](C)(C)CC(=O)OCc2ccccc2)CC1. The number of esters is 1. The van der Waals surface area contributed by atoms with E-state index in [-0.39, 0.29) is 29.5 Å². The Hall–Kier alpha value is -2.66. The Kier molecular flexibility index (Phi) is 5.57. The molecule has 5 heteroatoms. The maximum Gasteiger partial charge on any atom is 0.362 e. The molecule has 1 fully saturated rings. The van der Waals surface area contributed by atoms with E-state index in [2.05, 4.69) is 5.32 Å². The molecule has 0 unspecified atom stereocenters. The first-order valence-electron chi connectivity index (χ1n) is 9.65. The van der Waals surface area contributed by atoms with Crippen molar-refractivity contribution in [3.63, 3.8) is 0 Å². The summed E-state index contributed by atoms with van der Waals surface area (Å²) in [6.07, 6.45) is 1.53. The van der Waals surface area contributed by atoms with Gasteiger partial charge in [-0.3, -0.25) is 4.79 Å². The first-order chi connectivity index (χ1) is 13.2. The van der Waals surface area contributed by atoms with Crippen LogP contribution in [0.3, 0.4) is 0 Å². The normalized spacial score (nSPS) is 15.0. The number of quaternary nitrogens is 1. The molecule has 3 rings (SSSR count). The van der Waals surface area contributed by atoms with Crippen molar-refractivity contribution in [1.82, 2.24) is 0 Å². The molecule has 1 aliphatic rings. The van der Waals surface area contributed by atoms with Gasteiger partial charge in [-0.15, -0.1) is 0 Å². The number of carbonyl (C=O) groups excluding carboxylic acids is 2. The van der Waals surface area contributed by atoms with E-state index in [1.54, 1.807) is 0 Å². The van der Waals surface area contributed by atoms with Gasteiger partial charge in [0.05, 0.1) is 14.1 Å². The van der Waals surface area contributed by atoms with Crippen LogP contribution in [0.2, 0.25) is 0 Å². The molecule has 1 N–H and O–H groups in total. The van der Waals surface area contributed by atoms with Crippen molar-refractivity contribution in [2.75, 3.05) is 26.0 Å². The van der Waals surface area contributed by atoms with Gasteiger partial charge in [0.25, 0.3) is 5.91 Å². The van der Waals surface area contributed by atoms with Crippen molar-refractivity contribution >= 4 is 17.6 Å². The number of para-hydroxylation sites is 1. The zero-order valence-electron chi connectivity index (χ0n) is 17.1. The molecule has 1 saturated carbocycles. The van der Waals surface area contributed by atoms with Crippen LogP contribution in [0.5, 0.6) is 0 Å². The number of rotatable bonds is 7. The highest BCUT2D eigenvalue weighted by Gasteiger charge is 2.63. The number of hydrogen-bond donors (Lipinski definition) is 1. The van der Waals surface area contributed by atoms with Crippen LogP contribution in [0.1, 0.15) is 29.5 Å². The minimum atomic E-state index is -0.583. The first kappa shape index (κ1) is 20.1. The molecule has 0 atom stereocenters.